The van der Waals surface area contributed by atoms with Crippen molar-refractivity contribution in [2.45, 2.75) is 39.2 Å². The number of nitrogens with one attached hydrogen (secondary N) is 1. The topological polar surface area (TPSA) is 24.9 Å². The highest BCUT2D eigenvalue weighted by molar-refractivity contribution is 7.11. The number of aryl methyl sites for hydroxylation is 1. The monoisotopic (exact) mass is 210 g/mol. The molecule has 14 heavy (non-hydrogen) atoms. The van der Waals surface area contributed by atoms with Gasteiger partial charge in [0.2, 0.25) is 0 Å². The van der Waals surface area contributed by atoms with E-state index in [1.807, 2.05) is 17.5 Å². The summed E-state index contributed by atoms with van der Waals surface area (Å²) < 4.78 is 0. The van der Waals surface area contributed by atoms with Crippen LogP contribution in [0.1, 0.15) is 42.1 Å². The van der Waals surface area contributed by atoms with E-state index in [0.717, 1.165) is 12.5 Å². The van der Waals surface area contributed by atoms with Gasteiger partial charge in [-0.05, 0) is 38.6 Å². The van der Waals surface area contributed by atoms with Crippen LogP contribution in [0, 0.1) is 12.8 Å². The fourth-order valence-electron chi connectivity index (χ4n) is 1.70. The quantitative estimate of drug-likeness (QED) is 0.808. The predicted molar refractivity (Wildman–Crippen MR) is 60.6 cm³/mol. The lowest BCUT2D eigenvalue weighted by molar-refractivity contribution is 0.479. The van der Waals surface area contributed by atoms with Gasteiger partial charge in [-0.25, -0.2) is 4.98 Å². The maximum absolute atomic E-state index is 4.49. The van der Waals surface area contributed by atoms with Crippen LogP contribution >= 0.6 is 11.3 Å². The Bertz CT molecular complexity index is 291. The highest BCUT2D eigenvalue weighted by atomic mass is 32.1. The number of thiazole rings is 1. The lowest BCUT2D eigenvalue weighted by Crippen LogP contribution is -2.23. The van der Waals surface area contributed by atoms with E-state index in [1.165, 1.54) is 29.1 Å². The molecule has 3 heteroatoms. The molecular formula is C11H18N2S. The zero-order chi connectivity index (χ0) is 9.97. The van der Waals surface area contributed by atoms with Crippen LogP contribution in [0.3, 0.4) is 0 Å². The zero-order valence-electron chi connectivity index (χ0n) is 8.92. The molecule has 1 aliphatic rings. The number of aromatic nitrogens is 1. The normalized spacial score (nSPS) is 18.4. The Balaban J connectivity index is 2.02. The molecule has 1 atom stereocenters. The average Bonchev–Trinajstić information content (AvgIpc) is 2.91. The summed E-state index contributed by atoms with van der Waals surface area (Å²) in [5.41, 5.74) is 0. The van der Waals surface area contributed by atoms with Crippen molar-refractivity contribution >= 4 is 11.3 Å². The number of hydrogen-bond acceptors (Lipinski definition) is 3. The highest BCUT2D eigenvalue weighted by Crippen LogP contribution is 2.41. The van der Waals surface area contributed by atoms with Crippen molar-refractivity contribution in [3.63, 3.8) is 0 Å². The van der Waals surface area contributed by atoms with E-state index >= 15 is 0 Å². The smallest absolute Gasteiger partial charge is 0.110 e. The Hall–Kier alpha value is -0.410. The van der Waals surface area contributed by atoms with Crippen molar-refractivity contribution < 1.29 is 0 Å². The van der Waals surface area contributed by atoms with Gasteiger partial charge in [0.1, 0.15) is 5.01 Å². The van der Waals surface area contributed by atoms with Crippen molar-refractivity contribution in [3.05, 3.63) is 16.1 Å². The van der Waals surface area contributed by atoms with Gasteiger partial charge < -0.3 is 5.32 Å². The van der Waals surface area contributed by atoms with Crippen molar-refractivity contribution in [1.29, 1.82) is 0 Å². The van der Waals surface area contributed by atoms with E-state index < -0.39 is 0 Å². The molecule has 2 nitrogen and oxygen atoms in total. The molecular weight excluding hydrogens is 192 g/mol. The maximum atomic E-state index is 4.49. The second-order valence-electron chi connectivity index (χ2n) is 4.08. The SMILES string of the molecule is CCCNC(c1ncc(C)s1)C1CC1. The molecule has 0 aromatic carbocycles. The van der Waals surface area contributed by atoms with Gasteiger partial charge in [0.25, 0.3) is 0 Å². The van der Waals surface area contributed by atoms with Gasteiger partial charge in [0.05, 0.1) is 6.04 Å². The van der Waals surface area contributed by atoms with E-state index in [2.05, 4.69) is 24.1 Å². The van der Waals surface area contributed by atoms with E-state index in [9.17, 15) is 0 Å². The summed E-state index contributed by atoms with van der Waals surface area (Å²) in [6.45, 7) is 5.45. The summed E-state index contributed by atoms with van der Waals surface area (Å²) in [6.07, 6.45) is 5.94. The van der Waals surface area contributed by atoms with E-state index in [4.69, 9.17) is 0 Å². The average molecular weight is 210 g/mol. The summed E-state index contributed by atoms with van der Waals surface area (Å²) in [5.74, 6) is 0.854. The predicted octanol–water partition coefficient (Wildman–Crippen LogP) is 2.90. The first-order chi connectivity index (χ1) is 6.81. The fraction of sp³-hybridized carbons (Fsp3) is 0.727. The summed E-state index contributed by atoms with van der Waals surface area (Å²) >= 11 is 1.84. The van der Waals surface area contributed by atoms with Gasteiger partial charge in [0.15, 0.2) is 0 Å². The van der Waals surface area contributed by atoms with Crippen LogP contribution in [0.4, 0.5) is 0 Å². The second kappa shape index (κ2) is 4.41. The van der Waals surface area contributed by atoms with Gasteiger partial charge in [-0.2, -0.15) is 0 Å². The minimum absolute atomic E-state index is 0.536. The van der Waals surface area contributed by atoms with Crippen LogP contribution in [0.5, 0.6) is 0 Å². The summed E-state index contributed by atoms with van der Waals surface area (Å²) in [6, 6.07) is 0.536. The van der Waals surface area contributed by atoms with E-state index in [-0.39, 0.29) is 0 Å². The largest absolute Gasteiger partial charge is 0.308 e. The van der Waals surface area contributed by atoms with Crippen LogP contribution in [-0.4, -0.2) is 11.5 Å². The fourth-order valence-corrected chi connectivity index (χ4v) is 2.64. The lowest BCUT2D eigenvalue weighted by atomic mass is 10.2. The van der Waals surface area contributed by atoms with Crippen LogP contribution in [-0.2, 0) is 0 Å². The molecule has 0 saturated heterocycles. The second-order valence-corrected chi connectivity index (χ2v) is 5.34. The standard InChI is InChI=1S/C11H18N2S/c1-3-6-12-10(9-4-5-9)11-13-7-8(2)14-11/h7,9-10,12H,3-6H2,1-2H3. The van der Waals surface area contributed by atoms with Gasteiger partial charge in [0, 0.05) is 11.1 Å². The Morgan fingerprint density at radius 2 is 2.43 bits per heavy atom. The van der Waals surface area contributed by atoms with E-state index in [0.29, 0.717) is 6.04 Å². The molecule has 1 heterocycles. The Kier molecular flexibility index (Phi) is 3.19. The third-order valence-electron chi connectivity index (χ3n) is 2.61. The third-order valence-corrected chi connectivity index (χ3v) is 3.61. The minimum Gasteiger partial charge on any atom is -0.308 e. The van der Waals surface area contributed by atoms with E-state index in [1.54, 1.807) is 0 Å². The van der Waals surface area contributed by atoms with Gasteiger partial charge >= 0.3 is 0 Å². The molecule has 0 aliphatic heterocycles. The third kappa shape index (κ3) is 2.34. The van der Waals surface area contributed by atoms with Gasteiger partial charge in [-0.1, -0.05) is 6.92 Å². The summed E-state index contributed by atoms with van der Waals surface area (Å²) in [4.78, 5) is 5.81. The molecule has 1 aromatic heterocycles. The Morgan fingerprint density at radius 1 is 1.64 bits per heavy atom. The van der Waals surface area contributed by atoms with Crippen LogP contribution in [0.15, 0.2) is 6.20 Å². The van der Waals surface area contributed by atoms with Crippen LogP contribution < -0.4 is 5.32 Å². The molecule has 0 spiro atoms. The molecule has 0 bridgehead atoms. The summed E-state index contributed by atoms with van der Waals surface area (Å²) in [7, 11) is 0. The van der Waals surface area contributed by atoms with Crippen LogP contribution in [0.2, 0.25) is 0 Å². The number of nitrogens with zero attached hydrogens (tertiary/aromatic N) is 1. The summed E-state index contributed by atoms with van der Waals surface area (Å²) in [5, 5.41) is 4.90. The highest BCUT2D eigenvalue weighted by Gasteiger charge is 2.33. The first-order valence-corrected chi connectivity index (χ1v) is 6.28. The number of rotatable bonds is 5. The lowest BCUT2D eigenvalue weighted by Gasteiger charge is -2.14. The molecule has 1 unspecified atom stereocenters. The zero-order valence-corrected chi connectivity index (χ0v) is 9.73. The molecule has 2 rings (SSSR count). The molecule has 0 amide bonds. The van der Waals surface area contributed by atoms with Crippen LogP contribution in [0.25, 0.3) is 0 Å². The molecule has 1 N–H and O–H groups in total. The molecule has 78 valence electrons. The molecule has 0 radical (unpaired) electrons. The first-order valence-electron chi connectivity index (χ1n) is 5.47. The first kappa shape index (κ1) is 10.1. The number of hydrogen-bond donors (Lipinski definition) is 1. The van der Waals surface area contributed by atoms with Crippen molar-refractivity contribution in [2.75, 3.05) is 6.54 Å². The molecule has 1 fully saturated rings. The maximum Gasteiger partial charge on any atom is 0.110 e. The van der Waals surface area contributed by atoms with Crippen molar-refractivity contribution in [1.82, 2.24) is 10.3 Å². The van der Waals surface area contributed by atoms with Gasteiger partial charge in [-0.15, -0.1) is 11.3 Å². The Morgan fingerprint density at radius 3 is 2.93 bits per heavy atom. The van der Waals surface area contributed by atoms with Crippen molar-refractivity contribution in [2.24, 2.45) is 5.92 Å². The molecule has 1 aliphatic carbocycles. The minimum atomic E-state index is 0.536. The van der Waals surface area contributed by atoms with Crippen molar-refractivity contribution in [3.8, 4) is 0 Å². The Labute approximate surface area is 89.8 Å². The molecule has 1 saturated carbocycles. The molecule has 1 aromatic rings. The van der Waals surface area contributed by atoms with Gasteiger partial charge in [-0.3, -0.25) is 0 Å².